The number of nitrogens with one attached hydrogen (secondary N) is 1. The minimum Gasteiger partial charge on any atom is -0.471 e. The van der Waals surface area contributed by atoms with Crippen LogP contribution in [-0.2, 0) is 0 Å². The van der Waals surface area contributed by atoms with Crippen molar-refractivity contribution in [2.75, 3.05) is 13.1 Å². The number of aromatic nitrogens is 4. The molecule has 2 aromatic heterocycles. The Balaban J connectivity index is 1.69. The highest BCUT2D eigenvalue weighted by molar-refractivity contribution is 5.96. The van der Waals surface area contributed by atoms with E-state index in [0.717, 1.165) is 30.8 Å². The second kappa shape index (κ2) is 6.13. The maximum Gasteiger partial charge on any atom is 0.257 e. The van der Waals surface area contributed by atoms with E-state index >= 15 is 0 Å². The molecule has 1 fully saturated rings. The lowest BCUT2D eigenvalue weighted by atomic mass is 10.1. The molecule has 1 saturated heterocycles. The van der Waals surface area contributed by atoms with Crippen molar-refractivity contribution in [1.29, 1.82) is 0 Å². The van der Waals surface area contributed by atoms with Gasteiger partial charge in [0.2, 0.25) is 5.88 Å². The van der Waals surface area contributed by atoms with Gasteiger partial charge in [-0.3, -0.25) is 14.9 Å². The highest BCUT2D eigenvalue weighted by Crippen LogP contribution is 2.20. The SMILES string of the molecule is Cc1n[nH]c(C)c1C(=O)N1CCC[C@H](Oc2cnccn2)C1. The summed E-state index contributed by atoms with van der Waals surface area (Å²) < 4.78 is 5.82. The predicted octanol–water partition coefficient (Wildman–Crippen LogP) is 1.50. The molecule has 2 aromatic rings. The van der Waals surface area contributed by atoms with Crippen LogP contribution in [0.3, 0.4) is 0 Å². The summed E-state index contributed by atoms with van der Waals surface area (Å²) >= 11 is 0. The lowest BCUT2D eigenvalue weighted by Gasteiger charge is -2.32. The zero-order chi connectivity index (χ0) is 15.5. The lowest BCUT2D eigenvalue weighted by Crippen LogP contribution is -2.44. The summed E-state index contributed by atoms with van der Waals surface area (Å²) in [7, 11) is 0. The second-order valence-electron chi connectivity index (χ2n) is 5.49. The Hall–Kier alpha value is -2.44. The van der Waals surface area contributed by atoms with E-state index in [1.165, 1.54) is 0 Å². The Morgan fingerprint density at radius 3 is 2.95 bits per heavy atom. The molecule has 7 nitrogen and oxygen atoms in total. The van der Waals surface area contributed by atoms with Crippen LogP contribution in [0.1, 0.15) is 34.6 Å². The number of hydrogen-bond acceptors (Lipinski definition) is 5. The molecule has 0 spiro atoms. The molecule has 3 heterocycles. The first-order valence-corrected chi connectivity index (χ1v) is 7.38. The van der Waals surface area contributed by atoms with Gasteiger partial charge in [0.05, 0.1) is 24.0 Å². The summed E-state index contributed by atoms with van der Waals surface area (Å²) in [6.45, 7) is 5.00. The van der Waals surface area contributed by atoms with E-state index in [1.807, 2.05) is 18.7 Å². The lowest BCUT2D eigenvalue weighted by molar-refractivity contribution is 0.0525. The number of aromatic amines is 1. The van der Waals surface area contributed by atoms with E-state index < -0.39 is 0 Å². The number of aryl methyl sites for hydroxylation is 2. The molecular weight excluding hydrogens is 282 g/mol. The van der Waals surface area contributed by atoms with Crippen LogP contribution in [0.25, 0.3) is 0 Å². The molecular formula is C15H19N5O2. The molecule has 0 bridgehead atoms. The van der Waals surface area contributed by atoms with Gasteiger partial charge in [-0.15, -0.1) is 0 Å². The maximum absolute atomic E-state index is 12.7. The van der Waals surface area contributed by atoms with Gasteiger partial charge in [-0.1, -0.05) is 0 Å². The molecule has 1 aliphatic heterocycles. The summed E-state index contributed by atoms with van der Waals surface area (Å²) in [6, 6.07) is 0. The Kier molecular flexibility index (Phi) is 4.04. The zero-order valence-corrected chi connectivity index (χ0v) is 12.7. The van der Waals surface area contributed by atoms with Crippen LogP contribution in [0.5, 0.6) is 5.88 Å². The number of piperidine rings is 1. The van der Waals surface area contributed by atoms with Crippen molar-refractivity contribution >= 4 is 5.91 Å². The van der Waals surface area contributed by atoms with Crippen molar-refractivity contribution in [3.8, 4) is 5.88 Å². The van der Waals surface area contributed by atoms with Crippen LogP contribution in [0.4, 0.5) is 0 Å². The predicted molar refractivity (Wildman–Crippen MR) is 79.6 cm³/mol. The van der Waals surface area contributed by atoms with Gasteiger partial charge >= 0.3 is 0 Å². The third kappa shape index (κ3) is 2.93. The van der Waals surface area contributed by atoms with E-state index in [9.17, 15) is 4.79 Å². The molecule has 0 aromatic carbocycles. The van der Waals surface area contributed by atoms with Crippen molar-refractivity contribution in [2.45, 2.75) is 32.8 Å². The molecule has 1 N–H and O–H groups in total. The van der Waals surface area contributed by atoms with Gasteiger partial charge in [0.25, 0.3) is 5.91 Å². The van der Waals surface area contributed by atoms with Crippen molar-refractivity contribution in [3.63, 3.8) is 0 Å². The summed E-state index contributed by atoms with van der Waals surface area (Å²) in [5, 5.41) is 6.96. The Labute approximate surface area is 128 Å². The largest absolute Gasteiger partial charge is 0.471 e. The molecule has 1 amide bonds. The van der Waals surface area contributed by atoms with Crippen LogP contribution in [0, 0.1) is 13.8 Å². The van der Waals surface area contributed by atoms with Gasteiger partial charge < -0.3 is 9.64 Å². The van der Waals surface area contributed by atoms with Gasteiger partial charge in [-0.05, 0) is 26.7 Å². The topological polar surface area (TPSA) is 84.0 Å². The Morgan fingerprint density at radius 1 is 1.41 bits per heavy atom. The number of rotatable bonds is 3. The third-order valence-corrected chi connectivity index (χ3v) is 3.83. The highest BCUT2D eigenvalue weighted by Gasteiger charge is 2.28. The van der Waals surface area contributed by atoms with Crippen molar-refractivity contribution in [2.24, 2.45) is 0 Å². The maximum atomic E-state index is 12.7. The van der Waals surface area contributed by atoms with Gasteiger partial charge in [0.15, 0.2) is 0 Å². The van der Waals surface area contributed by atoms with Gasteiger partial charge in [0.1, 0.15) is 6.10 Å². The average molecular weight is 301 g/mol. The molecule has 3 rings (SSSR count). The number of H-pyrrole nitrogens is 1. The monoisotopic (exact) mass is 301 g/mol. The van der Waals surface area contributed by atoms with Crippen LogP contribution < -0.4 is 4.74 Å². The molecule has 0 saturated carbocycles. The first kappa shape index (κ1) is 14.5. The standard InChI is InChI=1S/C15H19N5O2/c1-10-14(11(2)19-18-10)15(21)20-7-3-4-12(9-20)22-13-8-16-5-6-17-13/h5-6,8,12H,3-4,7,9H2,1-2H3,(H,18,19)/t12-/m0/s1. The zero-order valence-electron chi connectivity index (χ0n) is 12.7. The fourth-order valence-electron chi connectivity index (χ4n) is 2.76. The molecule has 22 heavy (non-hydrogen) atoms. The van der Waals surface area contributed by atoms with E-state index in [1.54, 1.807) is 18.6 Å². The van der Waals surface area contributed by atoms with Crippen LogP contribution >= 0.6 is 0 Å². The highest BCUT2D eigenvalue weighted by atomic mass is 16.5. The van der Waals surface area contributed by atoms with E-state index in [4.69, 9.17) is 4.74 Å². The minimum atomic E-state index is -0.0538. The Morgan fingerprint density at radius 2 is 2.27 bits per heavy atom. The van der Waals surface area contributed by atoms with Crippen LogP contribution in [0.15, 0.2) is 18.6 Å². The number of likely N-dealkylation sites (tertiary alicyclic amines) is 1. The van der Waals surface area contributed by atoms with E-state index in [2.05, 4.69) is 20.2 Å². The van der Waals surface area contributed by atoms with Gasteiger partial charge in [0, 0.05) is 24.6 Å². The molecule has 116 valence electrons. The first-order valence-electron chi connectivity index (χ1n) is 7.38. The molecule has 1 aliphatic rings. The van der Waals surface area contributed by atoms with Crippen molar-refractivity contribution < 1.29 is 9.53 Å². The smallest absolute Gasteiger partial charge is 0.257 e. The average Bonchev–Trinajstić information content (AvgIpc) is 2.87. The van der Waals surface area contributed by atoms with Crippen LogP contribution in [0.2, 0.25) is 0 Å². The second-order valence-corrected chi connectivity index (χ2v) is 5.49. The summed E-state index contributed by atoms with van der Waals surface area (Å²) in [5.41, 5.74) is 2.21. The normalized spacial score (nSPS) is 18.3. The number of hydrogen-bond donors (Lipinski definition) is 1. The van der Waals surface area contributed by atoms with E-state index in [-0.39, 0.29) is 12.0 Å². The van der Waals surface area contributed by atoms with Gasteiger partial charge in [-0.25, -0.2) is 4.98 Å². The number of ether oxygens (including phenoxy) is 1. The van der Waals surface area contributed by atoms with Gasteiger partial charge in [-0.2, -0.15) is 5.10 Å². The summed E-state index contributed by atoms with van der Waals surface area (Å²) in [5.74, 6) is 0.508. The number of carbonyl (C=O) groups excluding carboxylic acids is 1. The summed E-state index contributed by atoms with van der Waals surface area (Å²) in [6.07, 6.45) is 6.55. The molecule has 0 aliphatic carbocycles. The molecule has 7 heteroatoms. The van der Waals surface area contributed by atoms with E-state index in [0.29, 0.717) is 18.0 Å². The fraction of sp³-hybridized carbons (Fsp3) is 0.467. The molecule has 0 unspecified atom stereocenters. The number of amides is 1. The third-order valence-electron chi connectivity index (χ3n) is 3.83. The molecule has 1 atom stereocenters. The summed E-state index contributed by atoms with van der Waals surface area (Å²) in [4.78, 5) is 22.6. The minimum absolute atomic E-state index is 0.0104. The van der Waals surface area contributed by atoms with Crippen molar-refractivity contribution in [3.05, 3.63) is 35.5 Å². The molecule has 0 radical (unpaired) electrons. The quantitative estimate of drug-likeness (QED) is 0.928. The Bertz CT molecular complexity index is 636. The number of carbonyl (C=O) groups is 1. The van der Waals surface area contributed by atoms with Crippen LogP contribution in [-0.4, -0.2) is 50.2 Å². The fourth-order valence-corrected chi connectivity index (χ4v) is 2.76. The first-order chi connectivity index (χ1) is 10.6. The van der Waals surface area contributed by atoms with Crippen molar-refractivity contribution in [1.82, 2.24) is 25.1 Å². The number of nitrogens with zero attached hydrogens (tertiary/aromatic N) is 4.